The van der Waals surface area contributed by atoms with E-state index in [-0.39, 0.29) is 5.56 Å². The first-order chi connectivity index (χ1) is 7.00. The third-order valence-electron chi connectivity index (χ3n) is 1.82. The summed E-state index contributed by atoms with van der Waals surface area (Å²) in [6.07, 6.45) is 0. The number of carbonyl (C=O) groups excluding carboxylic acids is 1. The van der Waals surface area contributed by atoms with Crippen LogP contribution in [0.2, 0.25) is 0 Å². The lowest BCUT2D eigenvalue weighted by molar-refractivity contribution is -0.138. The fourth-order valence-electron chi connectivity index (χ4n) is 0.943. The highest BCUT2D eigenvalue weighted by atomic mass is 19.1. The van der Waals surface area contributed by atoms with Crippen LogP contribution < -0.4 is 5.32 Å². The fourth-order valence-corrected chi connectivity index (χ4v) is 0.943. The van der Waals surface area contributed by atoms with Crippen molar-refractivity contribution in [1.29, 1.82) is 0 Å². The lowest BCUT2D eigenvalue weighted by Gasteiger charge is -2.08. The molecule has 4 nitrogen and oxygen atoms in total. The zero-order valence-corrected chi connectivity index (χ0v) is 8.03. The van der Waals surface area contributed by atoms with Crippen LogP contribution in [0.4, 0.5) is 4.39 Å². The molecule has 0 aromatic heterocycles. The van der Waals surface area contributed by atoms with Gasteiger partial charge >= 0.3 is 5.97 Å². The van der Waals surface area contributed by atoms with Crippen molar-refractivity contribution in [1.82, 2.24) is 5.32 Å². The van der Waals surface area contributed by atoms with Crippen molar-refractivity contribution in [2.24, 2.45) is 0 Å². The van der Waals surface area contributed by atoms with Crippen molar-refractivity contribution in [3.63, 3.8) is 0 Å². The number of halogens is 1. The van der Waals surface area contributed by atoms with Crippen LogP contribution in [-0.2, 0) is 4.79 Å². The van der Waals surface area contributed by atoms with E-state index in [1.54, 1.807) is 0 Å². The summed E-state index contributed by atoms with van der Waals surface area (Å²) in [6, 6.07) is 3.89. The molecule has 1 amide bonds. The second kappa shape index (κ2) is 4.54. The number of hydrogen-bond acceptors (Lipinski definition) is 2. The third kappa shape index (κ3) is 3.05. The Morgan fingerprint density at radius 1 is 1.33 bits per heavy atom. The molecule has 0 fully saturated rings. The Hall–Kier alpha value is -1.91. The van der Waals surface area contributed by atoms with E-state index in [9.17, 15) is 14.0 Å². The molecule has 0 spiro atoms. The van der Waals surface area contributed by atoms with Gasteiger partial charge in [-0.3, -0.25) is 9.59 Å². The highest BCUT2D eigenvalue weighted by Crippen LogP contribution is 2.02. The number of amides is 1. The van der Waals surface area contributed by atoms with Crippen molar-refractivity contribution in [3.8, 4) is 0 Å². The van der Waals surface area contributed by atoms with E-state index in [0.29, 0.717) is 0 Å². The minimum atomic E-state index is -1.12. The van der Waals surface area contributed by atoms with Gasteiger partial charge in [-0.25, -0.2) is 4.39 Å². The number of benzene rings is 1. The standard InChI is InChI=1S/C10H10FNO3/c1-6(10(14)15)12-9(13)7-2-4-8(11)5-3-7/h2-6H,1H3,(H,12,13)(H,14,15)/t6-/m0/s1. The van der Waals surface area contributed by atoms with Gasteiger partial charge in [-0.2, -0.15) is 0 Å². The van der Waals surface area contributed by atoms with Crippen LogP contribution in [0.25, 0.3) is 0 Å². The van der Waals surface area contributed by atoms with E-state index < -0.39 is 23.7 Å². The summed E-state index contributed by atoms with van der Waals surface area (Å²) in [4.78, 5) is 21.8. The molecule has 0 aliphatic heterocycles. The van der Waals surface area contributed by atoms with Gasteiger partial charge in [-0.1, -0.05) is 0 Å². The van der Waals surface area contributed by atoms with Crippen molar-refractivity contribution in [3.05, 3.63) is 35.6 Å². The number of carbonyl (C=O) groups is 2. The maximum atomic E-state index is 12.5. The zero-order chi connectivity index (χ0) is 11.4. The Labute approximate surface area is 85.7 Å². The van der Waals surface area contributed by atoms with E-state index in [2.05, 4.69) is 5.32 Å². The number of rotatable bonds is 3. The number of carboxylic acids is 1. The first kappa shape index (κ1) is 11.2. The number of hydrogen-bond donors (Lipinski definition) is 2. The Morgan fingerprint density at radius 2 is 1.87 bits per heavy atom. The Kier molecular flexibility index (Phi) is 3.38. The zero-order valence-electron chi connectivity index (χ0n) is 8.03. The van der Waals surface area contributed by atoms with Crippen LogP contribution in [0, 0.1) is 5.82 Å². The number of nitrogens with one attached hydrogen (secondary N) is 1. The van der Waals surface area contributed by atoms with E-state index in [1.807, 2.05) is 0 Å². The summed E-state index contributed by atoms with van der Waals surface area (Å²) in [5, 5.41) is 10.8. The monoisotopic (exact) mass is 211 g/mol. The minimum Gasteiger partial charge on any atom is -0.480 e. The molecule has 0 aliphatic rings. The summed E-state index contributed by atoms with van der Waals surface area (Å²) in [6.45, 7) is 1.35. The SMILES string of the molecule is C[C@H](NC(=O)c1ccc(F)cc1)C(=O)O. The third-order valence-corrected chi connectivity index (χ3v) is 1.82. The van der Waals surface area contributed by atoms with Crippen molar-refractivity contribution < 1.29 is 19.1 Å². The Bertz CT molecular complexity index is 375. The summed E-state index contributed by atoms with van der Waals surface area (Å²) < 4.78 is 12.5. The molecule has 15 heavy (non-hydrogen) atoms. The van der Waals surface area contributed by atoms with Gasteiger partial charge < -0.3 is 10.4 Å². The van der Waals surface area contributed by atoms with Crippen molar-refractivity contribution >= 4 is 11.9 Å². The van der Waals surface area contributed by atoms with Gasteiger partial charge in [0, 0.05) is 5.56 Å². The fraction of sp³-hybridized carbons (Fsp3) is 0.200. The van der Waals surface area contributed by atoms with E-state index in [1.165, 1.54) is 19.1 Å². The van der Waals surface area contributed by atoms with Crippen molar-refractivity contribution in [2.45, 2.75) is 13.0 Å². The number of aliphatic carboxylic acids is 1. The number of carboxylic acid groups (broad SMARTS) is 1. The predicted molar refractivity (Wildman–Crippen MR) is 51.0 cm³/mol. The average molecular weight is 211 g/mol. The summed E-state index contributed by atoms with van der Waals surface area (Å²) in [5.74, 6) is -2.10. The minimum absolute atomic E-state index is 0.226. The molecule has 2 N–H and O–H groups in total. The van der Waals surface area contributed by atoms with Crippen LogP contribution in [0.15, 0.2) is 24.3 Å². The summed E-state index contributed by atoms with van der Waals surface area (Å²) in [7, 11) is 0. The summed E-state index contributed by atoms with van der Waals surface area (Å²) >= 11 is 0. The topological polar surface area (TPSA) is 66.4 Å². The Balaban J connectivity index is 2.69. The van der Waals surface area contributed by atoms with E-state index >= 15 is 0 Å². The van der Waals surface area contributed by atoms with Crippen LogP contribution in [0.1, 0.15) is 17.3 Å². The average Bonchev–Trinajstić information content (AvgIpc) is 2.18. The van der Waals surface area contributed by atoms with Gasteiger partial charge in [0.2, 0.25) is 0 Å². The van der Waals surface area contributed by atoms with Crippen LogP contribution in [0.5, 0.6) is 0 Å². The highest BCUT2D eigenvalue weighted by Gasteiger charge is 2.14. The highest BCUT2D eigenvalue weighted by molar-refractivity contribution is 5.96. The maximum absolute atomic E-state index is 12.5. The molecule has 0 radical (unpaired) electrons. The molecule has 0 unspecified atom stereocenters. The molecule has 0 saturated carbocycles. The predicted octanol–water partition coefficient (Wildman–Crippen LogP) is 1.03. The molecule has 1 aromatic rings. The second-order valence-corrected chi connectivity index (χ2v) is 3.04. The van der Waals surface area contributed by atoms with Crippen LogP contribution in [0.3, 0.4) is 0 Å². The van der Waals surface area contributed by atoms with Gasteiger partial charge in [-0.15, -0.1) is 0 Å². The molecule has 0 heterocycles. The molecule has 1 aromatic carbocycles. The molecule has 5 heteroatoms. The molecule has 0 aliphatic carbocycles. The van der Waals surface area contributed by atoms with Gasteiger partial charge in [-0.05, 0) is 31.2 Å². The quantitative estimate of drug-likeness (QED) is 0.784. The molecular weight excluding hydrogens is 201 g/mol. The molecular formula is C10H10FNO3. The lowest BCUT2D eigenvalue weighted by atomic mass is 10.2. The van der Waals surface area contributed by atoms with Crippen LogP contribution >= 0.6 is 0 Å². The smallest absolute Gasteiger partial charge is 0.325 e. The van der Waals surface area contributed by atoms with E-state index in [4.69, 9.17) is 5.11 Å². The molecule has 0 bridgehead atoms. The molecule has 1 rings (SSSR count). The molecule has 80 valence electrons. The summed E-state index contributed by atoms with van der Waals surface area (Å²) in [5.41, 5.74) is 0.226. The second-order valence-electron chi connectivity index (χ2n) is 3.04. The van der Waals surface area contributed by atoms with Gasteiger partial charge in [0.15, 0.2) is 0 Å². The van der Waals surface area contributed by atoms with Gasteiger partial charge in [0.25, 0.3) is 5.91 Å². The molecule has 1 atom stereocenters. The molecule has 0 saturated heterocycles. The lowest BCUT2D eigenvalue weighted by Crippen LogP contribution is -2.38. The van der Waals surface area contributed by atoms with Crippen LogP contribution in [-0.4, -0.2) is 23.0 Å². The van der Waals surface area contributed by atoms with Gasteiger partial charge in [0.1, 0.15) is 11.9 Å². The van der Waals surface area contributed by atoms with E-state index in [0.717, 1.165) is 12.1 Å². The Morgan fingerprint density at radius 3 is 2.33 bits per heavy atom. The maximum Gasteiger partial charge on any atom is 0.325 e. The normalized spacial score (nSPS) is 11.9. The largest absolute Gasteiger partial charge is 0.480 e. The van der Waals surface area contributed by atoms with Gasteiger partial charge in [0.05, 0.1) is 0 Å². The first-order valence-electron chi connectivity index (χ1n) is 4.30. The first-order valence-corrected chi connectivity index (χ1v) is 4.30. The van der Waals surface area contributed by atoms with Crippen molar-refractivity contribution in [2.75, 3.05) is 0 Å².